The summed E-state index contributed by atoms with van der Waals surface area (Å²) in [5.41, 5.74) is 1.36. The molecular weight excluding hydrogens is 258 g/mol. The van der Waals surface area contributed by atoms with Gasteiger partial charge < -0.3 is 4.90 Å². The zero-order chi connectivity index (χ0) is 14.1. The van der Waals surface area contributed by atoms with Crippen molar-refractivity contribution in [3.8, 4) is 0 Å². The van der Waals surface area contributed by atoms with Gasteiger partial charge in [-0.15, -0.1) is 5.10 Å². The molecule has 1 saturated heterocycles. The number of carbonyl (C=O) groups excluding carboxylic acids is 1. The van der Waals surface area contributed by atoms with Crippen LogP contribution in [-0.2, 0) is 7.05 Å². The molecule has 0 bridgehead atoms. The van der Waals surface area contributed by atoms with Crippen molar-refractivity contribution in [3.05, 3.63) is 23.3 Å². The van der Waals surface area contributed by atoms with Gasteiger partial charge in [0.25, 0.3) is 5.91 Å². The number of nitrogens with one attached hydrogen (secondary N) is 1. The monoisotopic (exact) mass is 275 g/mol. The van der Waals surface area contributed by atoms with E-state index in [0.717, 1.165) is 30.9 Å². The maximum absolute atomic E-state index is 12.4. The van der Waals surface area contributed by atoms with Crippen LogP contribution in [0.2, 0.25) is 0 Å². The lowest BCUT2D eigenvalue weighted by Crippen LogP contribution is -2.39. The number of nitrogens with zero attached hydrogens (tertiary/aromatic N) is 6. The molecule has 8 nitrogen and oxygen atoms in total. The molecule has 0 spiro atoms. The van der Waals surface area contributed by atoms with Crippen molar-refractivity contribution in [3.63, 3.8) is 0 Å². The van der Waals surface area contributed by atoms with Gasteiger partial charge in [0.2, 0.25) is 0 Å². The molecule has 1 amide bonds. The van der Waals surface area contributed by atoms with Crippen molar-refractivity contribution < 1.29 is 4.79 Å². The third-order valence-electron chi connectivity index (χ3n) is 3.65. The van der Waals surface area contributed by atoms with Crippen molar-refractivity contribution in [2.24, 2.45) is 7.05 Å². The minimum absolute atomic E-state index is 0.0332. The second-order valence-corrected chi connectivity index (χ2v) is 5.19. The number of hydrogen-bond acceptors (Lipinski definition) is 5. The van der Waals surface area contributed by atoms with Crippen LogP contribution in [-0.4, -0.2) is 54.3 Å². The SMILES string of the molecule is Cc1cc(C(=O)N2CCCC(c3nnnn3C)C2)n[nH]1. The van der Waals surface area contributed by atoms with Gasteiger partial charge in [0.05, 0.1) is 0 Å². The largest absolute Gasteiger partial charge is 0.337 e. The van der Waals surface area contributed by atoms with E-state index in [9.17, 15) is 4.79 Å². The van der Waals surface area contributed by atoms with Gasteiger partial charge in [0.15, 0.2) is 5.82 Å². The number of carbonyl (C=O) groups is 1. The standard InChI is InChI=1S/C12H17N7O/c1-8-6-10(14-13-8)12(20)19-5-3-4-9(7-19)11-15-16-17-18(11)2/h6,9H,3-5,7H2,1-2H3,(H,13,14). The van der Waals surface area contributed by atoms with Crippen LogP contribution in [0.15, 0.2) is 6.07 Å². The number of aromatic nitrogens is 6. The third-order valence-corrected chi connectivity index (χ3v) is 3.65. The molecule has 1 fully saturated rings. The Morgan fingerprint density at radius 2 is 2.35 bits per heavy atom. The van der Waals surface area contributed by atoms with Gasteiger partial charge in [-0.1, -0.05) is 0 Å². The van der Waals surface area contributed by atoms with Crippen LogP contribution < -0.4 is 0 Å². The van der Waals surface area contributed by atoms with Crippen LogP contribution in [0, 0.1) is 6.92 Å². The van der Waals surface area contributed by atoms with Gasteiger partial charge in [-0.25, -0.2) is 4.68 Å². The molecule has 1 unspecified atom stereocenters. The lowest BCUT2D eigenvalue weighted by molar-refractivity contribution is 0.0697. The minimum atomic E-state index is -0.0332. The van der Waals surface area contributed by atoms with E-state index in [-0.39, 0.29) is 11.8 Å². The Kier molecular flexibility index (Phi) is 3.21. The zero-order valence-electron chi connectivity index (χ0n) is 11.6. The highest BCUT2D eigenvalue weighted by atomic mass is 16.2. The van der Waals surface area contributed by atoms with Crippen molar-refractivity contribution in [2.75, 3.05) is 13.1 Å². The Morgan fingerprint density at radius 1 is 1.50 bits per heavy atom. The number of rotatable bonds is 2. The number of hydrogen-bond donors (Lipinski definition) is 1. The van der Waals surface area contributed by atoms with E-state index in [2.05, 4.69) is 25.7 Å². The Balaban J connectivity index is 1.75. The maximum atomic E-state index is 12.4. The Hall–Kier alpha value is -2.25. The molecule has 0 radical (unpaired) electrons. The van der Waals surface area contributed by atoms with Gasteiger partial charge in [-0.05, 0) is 36.3 Å². The van der Waals surface area contributed by atoms with E-state index in [0.29, 0.717) is 12.2 Å². The number of H-pyrrole nitrogens is 1. The van der Waals surface area contributed by atoms with Crippen molar-refractivity contribution in [1.82, 2.24) is 35.3 Å². The molecule has 20 heavy (non-hydrogen) atoms. The predicted molar refractivity (Wildman–Crippen MR) is 70.0 cm³/mol. The Labute approximate surface area is 116 Å². The first kappa shape index (κ1) is 12.8. The first-order valence-corrected chi connectivity index (χ1v) is 6.68. The third kappa shape index (κ3) is 2.28. The number of piperidine rings is 1. The summed E-state index contributed by atoms with van der Waals surface area (Å²) in [6.45, 7) is 3.28. The number of aryl methyl sites for hydroxylation is 2. The fourth-order valence-corrected chi connectivity index (χ4v) is 2.64. The zero-order valence-corrected chi connectivity index (χ0v) is 11.6. The summed E-state index contributed by atoms with van der Waals surface area (Å²) in [5, 5.41) is 18.4. The normalized spacial score (nSPS) is 19.3. The molecule has 2 aromatic heterocycles. The molecule has 3 heterocycles. The molecule has 2 aromatic rings. The van der Waals surface area contributed by atoms with Crippen LogP contribution in [0.3, 0.4) is 0 Å². The predicted octanol–water partition coefficient (Wildman–Crippen LogP) is 0.261. The van der Waals surface area contributed by atoms with Gasteiger partial charge >= 0.3 is 0 Å². The highest BCUT2D eigenvalue weighted by Crippen LogP contribution is 2.25. The van der Waals surface area contributed by atoms with E-state index >= 15 is 0 Å². The van der Waals surface area contributed by atoms with E-state index in [1.165, 1.54) is 0 Å². The molecule has 106 valence electrons. The second-order valence-electron chi connectivity index (χ2n) is 5.19. The first-order chi connectivity index (χ1) is 9.65. The number of amides is 1. The van der Waals surface area contributed by atoms with Crippen LogP contribution in [0.1, 0.15) is 40.8 Å². The average molecular weight is 275 g/mol. The van der Waals surface area contributed by atoms with E-state index in [1.807, 2.05) is 18.9 Å². The average Bonchev–Trinajstić information content (AvgIpc) is 3.07. The van der Waals surface area contributed by atoms with Crippen LogP contribution in [0.4, 0.5) is 0 Å². The smallest absolute Gasteiger partial charge is 0.274 e. The van der Waals surface area contributed by atoms with E-state index in [4.69, 9.17) is 0 Å². The van der Waals surface area contributed by atoms with Crippen molar-refractivity contribution in [1.29, 1.82) is 0 Å². The maximum Gasteiger partial charge on any atom is 0.274 e. The highest BCUT2D eigenvalue weighted by Gasteiger charge is 2.29. The topological polar surface area (TPSA) is 92.6 Å². The molecule has 8 heteroatoms. The molecular formula is C12H17N7O. The number of aromatic amines is 1. The molecule has 3 rings (SSSR count). The molecule has 1 atom stereocenters. The minimum Gasteiger partial charge on any atom is -0.337 e. The van der Waals surface area contributed by atoms with Gasteiger partial charge in [0.1, 0.15) is 5.69 Å². The second kappa shape index (κ2) is 5.03. The summed E-state index contributed by atoms with van der Waals surface area (Å²) in [5.74, 6) is 0.989. The van der Waals surface area contributed by atoms with Crippen molar-refractivity contribution in [2.45, 2.75) is 25.7 Å². The summed E-state index contributed by atoms with van der Waals surface area (Å²) >= 11 is 0. The molecule has 0 aliphatic carbocycles. The molecule has 1 aliphatic rings. The fourth-order valence-electron chi connectivity index (χ4n) is 2.64. The van der Waals surface area contributed by atoms with Crippen LogP contribution in [0.25, 0.3) is 0 Å². The van der Waals surface area contributed by atoms with E-state index < -0.39 is 0 Å². The van der Waals surface area contributed by atoms with Gasteiger partial charge in [-0.2, -0.15) is 5.10 Å². The van der Waals surface area contributed by atoms with Crippen LogP contribution in [0.5, 0.6) is 0 Å². The molecule has 0 saturated carbocycles. The van der Waals surface area contributed by atoms with Crippen molar-refractivity contribution >= 4 is 5.91 Å². The van der Waals surface area contributed by atoms with Crippen LogP contribution >= 0.6 is 0 Å². The fraction of sp³-hybridized carbons (Fsp3) is 0.583. The Bertz CT molecular complexity index is 617. The summed E-state index contributed by atoms with van der Waals surface area (Å²) in [6.07, 6.45) is 1.95. The number of tetrazole rings is 1. The van der Waals surface area contributed by atoms with E-state index in [1.54, 1.807) is 10.7 Å². The number of likely N-dealkylation sites (tertiary alicyclic amines) is 1. The summed E-state index contributed by atoms with van der Waals surface area (Å²) < 4.78 is 1.68. The Morgan fingerprint density at radius 3 is 3.00 bits per heavy atom. The molecule has 0 aromatic carbocycles. The first-order valence-electron chi connectivity index (χ1n) is 6.68. The summed E-state index contributed by atoms with van der Waals surface area (Å²) in [7, 11) is 1.83. The quantitative estimate of drug-likeness (QED) is 0.848. The highest BCUT2D eigenvalue weighted by molar-refractivity contribution is 5.92. The van der Waals surface area contributed by atoms with Gasteiger partial charge in [-0.3, -0.25) is 9.89 Å². The summed E-state index contributed by atoms with van der Waals surface area (Å²) in [4.78, 5) is 14.2. The lowest BCUT2D eigenvalue weighted by atomic mass is 9.97. The lowest BCUT2D eigenvalue weighted by Gasteiger charge is -2.31. The molecule has 1 N–H and O–H groups in total. The summed E-state index contributed by atoms with van der Waals surface area (Å²) in [6, 6.07) is 1.77. The molecule has 1 aliphatic heterocycles. The van der Waals surface area contributed by atoms with Gasteiger partial charge in [0, 0.05) is 31.7 Å².